The quantitative estimate of drug-likeness (QED) is 0.616. The molecule has 1 N–H and O–H groups in total. The van der Waals surface area contributed by atoms with Crippen molar-refractivity contribution in [2.45, 2.75) is 52.9 Å². The van der Waals surface area contributed by atoms with Crippen LogP contribution in [0, 0.1) is 17.8 Å². The van der Waals surface area contributed by atoms with E-state index in [1.54, 1.807) is 0 Å². The van der Waals surface area contributed by atoms with Gasteiger partial charge >= 0.3 is 0 Å². The first-order valence-electron chi connectivity index (χ1n) is 6.54. The van der Waals surface area contributed by atoms with E-state index in [4.69, 9.17) is 0 Å². The molecule has 0 aliphatic heterocycles. The Bertz CT molecular complexity index is 140. The Morgan fingerprint density at radius 2 is 1.86 bits per heavy atom. The van der Waals surface area contributed by atoms with Gasteiger partial charge in [0, 0.05) is 0 Å². The topological polar surface area (TPSA) is 12.0 Å². The molecule has 1 saturated carbocycles. The predicted molar refractivity (Wildman–Crippen MR) is 63.4 cm³/mol. The van der Waals surface area contributed by atoms with Gasteiger partial charge in [-0.05, 0) is 50.1 Å². The van der Waals surface area contributed by atoms with E-state index >= 15 is 0 Å². The van der Waals surface area contributed by atoms with Gasteiger partial charge in [-0.25, -0.2) is 0 Å². The van der Waals surface area contributed by atoms with Gasteiger partial charge < -0.3 is 5.32 Å². The molecule has 0 spiro atoms. The minimum Gasteiger partial charge on any atom is -0.316 e. The molecule has 1 nitrogen and oxygen atoms in total. The van der Waals surface area contributed by atoms with Crippen molar-refractivity contribution < 1.29 is 0 Å². The van der Waals surface area contributed by atoms with Gasteiger partial charge in [0.05, 0.1) is 0 Å². The van der Waals surface area contributed by atoms with E-state index in [0.717, 1.165) is 17.8 Å². The highest BCUT2D eigenvalue weighted by atomic mass is 14.9. The molecule has 14 heavy (non-hydrogen) atoms. The molecule has 1 aliphatic rings. The van der Waals surface area contributed by atoms with Crippen LogP contribution in [-0.4, -0.2) is 13.1 Å². The zero-order chi connectivity index (χ0) is 10.4. The van der Waals surface area contributed by atoms with Crippen molar-refractivity contribution in [1.29, 1.82) is 0 Å². The van der Waals surface area contributed by atoms with Crippen LogP contribution in [0.15, 0.2) is 0 Å². The number of nitrogens with one attached hydrogen (secondary N) is 1. The molecule has 0 amide bonds. The van der Waals surface area contributed by atoms with Crippen molar-refractivity contribution in [3.05, 3.63) is 0 Å². The van der Waals surface area contributed by atoms with E-state index < -0.39 is 0 Å². The summed E-state index contributed by atoms with van der Waals surface area (Å²) >= 11 is 0. The fourth-order valence-electron chi connectivity index (χ4n) is 2.83. The molecule has 0 saturated heterocycles. The van der Waals surface area contributed by atoms with Crippen molar-refractivity contribution in [1.82, 2.24) is 5.32 Å². The number of hydrogen-bond acceptors (Lipinski definition) is 1. The van der Waals surface area contributed by atoms with Crippen LogP contribution in [0.5, 0.6) is 0 Å². The summed E-state index contributed by atoms with van der Waals surface area (Å²) in [5, 5.41) is 3.57. The van der Waals surface area contributed by atoms with Crippen molar-refractivity contribution in [3.63, 3.8) is 0 Å². The average Bonchev–Trinajstić information content (AvgIpc) is 2.18. The summed E-state index contributed by atoms with van der Waals surface area (Å²) in [5.74, 6) is 3.03. The van der Waals surface area contributed by atoms with E-state index in [0.29, 0.717) is 0 Å². The summed E-state index contributed by atoms with van der Waals surface area (Å²) in [6.07, 6.45) is 6.99. The predicted octanol–water partition coefficient (Wildman–Crippen LogP) is 3.45. The van der Waals surface area contributed by atoms with Crippen molar-refractivity contribution in [2.75, 3.05) is 13.1 Å². The van der Waals surface area contributed by atoms with Crippen molar-refractivity contribution in [3.8, 4) is 0 Å². The van der Waals surface area contributed by atoms with Gasteiger partial charge in [0.1, 0.15) is 0 Å². The zero-order valence-corrected chi connectivity index (χ0v) is 10.2. The SMILES string of the molecule is CCCNCC1CCC1C(CC)CC. The van der Waals surface area contributed by atoms with Crippen LogP contribution in [-0.2, 0) is 0 Å². The molecule has 1 heteroatoms. The summed E-state index contributed by atoms with van der Waals surface area (Å²) in [7, 11) is 0. The Hall–Kier alpha value is -0.0400. The molecule has 1 aliphatic carbocycles. The van der Waals surface area contributed by atoms with Crippen LogP contribution in [0.25, 0.3) is 0 Å². The van der Waals surface area contributed by atoms with Crippen LogP contribution in [0.1, 0.15) is 52.9 Å². The number of hydrogen-bond donors (Lipinski definition) is 1. The summed E-state index contributed by atoms with van der Waals surface area (Å²) in [5.41, 5.74) is 0. The van der Waals surface area contributed by atoms with E-state index in [1.807, 2.05) is 0 Å². The maximum atomic E-state index is 3.57. The Kier molecular flexibility index (Phi) is 5.54. The van der Waals surface area contributed by atoms with Crippen LogP contribution in [0.3, 0.4) is 0 Å². The second-order valence-corrected chi connectivity index (χ2v) is 4.78. The summed E-state index contributed by atoms with van der Waals surface area (Å²) in [6, 6.07) is 0. The Balaban J connectivity index is 2.20. The highest BCUT2D eigenvalue weighted by Crippen LogP contribution is 2.41. The normalized spacial score (nSPS) is 26.6. The highest BCUT2D eigenvalue weighted by molar-refractivity contribution is 4.86. The maximum absolute atomic E-state index is 3.57. The van der Waals surface area contributed by atoms with Crippen LogP contribution in [0.2, 0.25) is 0 Å². The number of rotatable bonds is 7. The van der Waals surface area contributed by atoms with E-state index in [-0.39, 0.29) is 0 Å². The molecular formula is C13H27N. The summed E-state index contributed by atoms with van der Waals surface area (Å²) in [4.78, 5) is 0. The molecular weight excluding hydrogens is 170 g/mol. The van der Waals surface area contributed by atoms with E-state index in [1.165, 1.54) is 45.2 Å². The molecule has 2 unspecified atom stereocenters. The first kappa shape index (κ1) is 12.0. The molecule has 0 aromatic heterocycles. The largest absolute Gasteiger partial charge is 0.316 e. The molecule has 0 heterocycles. The lowest BCUT2D eigenvalue weighted by atomic mass is 9.65. The molecule has 0 aromatic rings. The Morgan fingerprint density at radius 1 is 1.14 bits per heavy atom. The second-order valence-electron chi connectivity index (χ2n) is 4.78. The lowest BCUT2D eigenvalue weighted by Gasteiger charge is -2.42. The lowest BCUT2D eigenvalue weighted by molar-refractivity contribution is 0.0968. The molecule has 84 valence electrons. The van der Waals surface area contributed by atoms with Gasteiger partial charge in [-0.3, -0.25) is 0 Å². The third kappa shape index (κ3) is 2.98. The fourth-order valence-corrected chi connectivity index (χ4v) is 2.83. The van der Waals surface area contributed by atoms with Crippen LogP contribution in [0.4, 0.5) is 0 Å². The van der Waals surface area contributed by atoms with Gasteiger partial charge in [-0.1, -0.05) is 33.6 Å². The third-order valence-electron chi connectivity index (χ3n) is 3.96. The first-order valence-corrected chi connectivity index (χ1v) is 6.54. The van der Waals surface area contributed by atoms with Gasteiger partial charge in [-0.2, -0.15) is 0 Å². The highest BCUT2D eigenvalue weighted by Gasteiger charge is 2.34. The minimum atomic E-state index is 0.992. The monoisotopic (exact) mass is 197 g/mol. The van der Waals surface area contributed by atoms with Crippen molar-refractivity contribution in [2.24, 2.45) is 17.8 Å². The Morgan fingerprint density at radius 3 is 2.29 bits per heavy atom. The molecule has 1 rings (SSSR count). The smallest absolute Gasteiger partial charge is 0.00178 e. The lowest BCUT2D eigenvalue weighted by Crippen LogP contribution is -2.39. The van der Waals surface area contributed by atoms with Crippen LogP contribution >= 0.6 is 0 Å². The van der Waals surface area contributed by atoms with Gasteiger partial charge in [0.25, 0.3) is 0 Å². The molecule has 0 radical (unpaired) electrons. The minimum absolute atomic E-state index is 0.992. The third-order valence-corrected chi connectivity index (χ3v) is 3.96. The molecule has 2 atom stereocenters. The molecule has 0 aromatic carbocycles. The Labute approximate surface area is 89.7 Å². The van der Waals surface area contributed by atoms with Gasteiger partial charge in [-0.15, -0.1) is 0 Å². The van der Waals surface area contributed by atoms with Crippen molar-refractivity contribution >= 4 is 0 Å². The zero-order valence-electron chi connectivity index (χ0n) is 10.2. The molecule has 0 bridgehead atoms. The van der Waals surface area contributed by atoms with Crippen LogP contribution < -0.4 is 5.32 Å². The van der Waals surface area contributed by atoms with E-state index in [2.05, 4.69) is 26.1 Å². The fraction of sp³-hybridized carbons (Fsp3) is 1.00. The maximum Gasteiger partial charge on any atom is -0.00178 e. The summed E-state index contributed by atoms with van der Waals surface area (Å²) in [6.45, 7) is 9.42. The second kappa shape index (κ2) is 6.44. The average molecular weight is 197 g/mol. The molecule has 1 fully saturated rings. The standard InChI is InChI=1S/C13H27N/c1-4-9-14-10-12-7-8-13(12)11(5-2)6-3/h11-14H,4-10H2,1-3H3. The first-order chi connectivity index (χ1) is 6.83. The van der Waals surface area contributed by atoms with Gasteiger partial charge in [0.15, 0.2) is 0 Å². The van der Waals surface area contributed by atoms with E-state index in [9.17, 15) is 0 Å². The summed E-state index contributed by atoms with van der Waals surface area (Å²) < 4.78 is 0. The van der Waals surface area contributed by atoms with Gasteiger partial charge in [0.2, 0.25) is 0 Å².